The van der Waals surface area contributed by atoms with Crippen molar-refractivity contribution >= 4 is 12.0 Å². The van der Waals surface area contributed by atoms with Crippen LogP contribution in [0.3, 0.4) is 0 Å². The molecule has 5 heteroatoms. The third-order valence-electron chi connectivity index (χ3n) is 2.83. The van der Waals surface area contributed by atoms with Crippen LogP contribution in [0.5, 0.6) is 0 Å². The Morgan fingerprint density at radius 2 is 2.18 bits per heavy atom. The van der Waals surface area contributed by atoms with Crippen molar-refractivity contribution in [1.82, 2.24) is 9.80 Å². The molecule has 1 N–H and O–H groups in total. The van der Waals surface area contributed by atoms with Crippen molar-refractivity contribution in [2.75, 3.05) is 26.2 Å². The molecule has 94 valence electrons. The summed E-state index contributed by atoms with van der Waals surface area (Å²) in [6.07, 6.45) is 6.07. The van der Waals surface area contributed by atoms with Gasteiger partial charge < -0.3 is 14.9 Å². The summed E-state index contributed by atoms with van der Waals surface area (Å²) in [6, 6.07) is -0.282. The van der Waals surface area contributed by atoms with Crippen molar-refractivity contribution in [2.24, 2.45) is 5.41 Å². The number of terminal acetylenes is 1. The first kappa shape index (κ1) is 13.4. The molecule has 1 saturated heterocycles. The van der Waals surface area contributed by atoms with E-state index in [1.165, 1.54) is 4.90 Å². The van der Waals surface area contributed by atoms with Crippen LogP contribution in [0.15, 0.2) is 0 Å². The van der Waals surface area contributed by atoms with Gasteiger partial charge in [0.1, 0.15) is 6.54 Å². The van der Waals surface area contributed by atoms with Gasteiger partial charge >= 0.3 is 12.0 Å². The van der Waals surface area contributed by atoms with Gasteiger partial charge in [-0.05, 0) is 11.8 Å². The monoisotopic (exact) mass is 238 g/mol. The van der Waals surface area contributed by atoms with Crippen molar-refractivity contribution in [3.63, 3.8) is 0 Å². The quantitative estimate of drug-likeness (QED) is 0.742. The summed E-state index contributed by atoms with van der Waals surface area (Å²) in [5, 5.41) is 8.72. The van der Waals surface area contributed by atoms with Crippen molar-refractivity contribution in [3.05, 3.63) is 0 Å². The molecule has 0 spiro atoms. The lowest BCUT2D eigenvalue weighted by atomic mass is 9.93. The number of urea groups is 1. The van der Waals surface area contributed by atoms with Gasteiger partial charge in [0.25, 0.3) is 0 Å². The Labute approximate surface area is 101 Å². The van der Waals surface area contributed by atoms with E-state index in [1.54, 1.807) is 4.90 Å². The van der Waals surface area contributed by atoms with Crippen LogP contribution >= 0.6 is 0 Å². The lowest BCUT2D eigenvalue weighted by molar-refractivity contribution is -0.137. The third kappa shape index (κ3) is 3.66. The minimum Gasteiger partial charge on any atom is -0.480 e. The Morgan fingerprint density at radius 1 is 1.53 bits per heavy atom. The fourth-order valence-corrected chi connectivity index (χ4v) is 1.94. The number of hydrogen-bond acceptors (Lipinski definition) is 2. The highest BCUT2D eigenvalue weighted by molar-refractivity contribution is 5.80. The van der Waals surface area contributed by atoms with E-state index in [-0.39, 0.29) is 24.5 Å². The Balaban J connectivity index is 2.66. The zero-order chi connectivity index (χ0) is 13.1. The Bertz CT molecular complexity index is 357. The number of likely N-dealkylation sites (tertiary alicyclic amines) is 1. The SMILES string of the molecule is C#CCN(CC(=O)O)C(=O)N1CCC(C)(C)C1. The van der Waals surface area contributed by atoms with Crippen molar-refractivity contribution in [2.45, 2.75) is 20.3 Å². The number of carbonyl (C=O) groups excluding carboxylic acids is 1. The van der Waals surface area contributed by atoms with E-state index in [2.05, 4.69) is 19.8 Å². The van der Waals surface area contributed by atoms with Crippen LogP contribution in [0.4, 0.5) is 4.79 Å². The highest BCUT2D eigenvalue weighted by Crippen LogP contribution is 2.29. The van der Waals surface area contributed by atoms with E-state index in [1.807, 2.05) is 0 Å². The van der Waals surface area contributed by atoms with Gasteiger partial charge in [0.15, 0.2) is 0 Å². The molecule has 2 amide bonds. The molecular formula is C12H18N2O3. The van der Waals surface area contributed by atoms with Gasteiger partial charge in [-0.2, -0.15) is 0 Å². The average Bonchev–Trinajstić information content (AvgIpc) is 2.56. The van der Waals surface area contributed by atoms with Crippen LogP contribution in [-0.4, -0.2) is 53.1 Å². The first-order chi connectivity index (χ1) is 7.85. The lowest BCUT2D eigenvalue weighted by Crippen LogP contribution is -2.45. The second kappa shape index (κ2) is 5.09. The van der Waals surface area contributed by atoms with E-state index in [0.29, 0.717) is 13.1 Å². The number of carboxylic acids is 1. The summed E-state index contributed by atoms with van der Waals surface area (Å²) in [4.78, 5) is 25.6. The average molecular weight is 238 g/mol. The summed E-state index contributed by atoms with van der Waals surface area (Å²) in [5.41, 5.74) is 0.0979. The fraction of sp³-hybridized carbons (Fsp3) is 0.667. The zero-order valence-corrected chi connectivity index (χ0v) is 10.3. The molecule has 0 radical (unpaired) electrons. The van der Waals surface area contributed by atoms with Gasteiger partial charge in [-0.15, -0.1) is 6.42 Å². The van der Waals surface area contributed by atoms with E-state index in [9.17, 15) is 9.59 Å². The van der Waals surface area contributed by atoms with Gasteiger partial charge in [0, 0.05) is 13.1 Å². The topological polar surface area (TPSA) is 60.9 Å². The molecule has 1 fully saturated rings. The molecule has 0 aliphatic carbocycles. The van der Waals surface area contributed by atoms with Crippen molar-refractivity contribution in [3.8, 4) is 12.3 Å². The maximum absolute atomic E-state index is 12.1. The molecule has 1 aliphatic heterocycles. The van der Waals surface area contributed by atoms with E-state index >= 15 is 0 Å². The molecular weight excluding hydrogens is 220 g/mol. The van der Waals surface area contributed by atoms with E-state index in [0.717, 1.165) is 6.42 Å². The first-order valence-electron chi connectivity index (χ1n) is 5.55. The predicted octanol–water partition coefficient (Wildman–Crippen LogP) is 0.858. The Kier molecular flexibility index (Phi) is 4.00. The number of carboxylic acid groups (broad SMARTS) is 1. The minimum absolute atomic E-state index is 0.0298. The van der Waals surface area contributed by atoms with Gasteiger partial charge in [-0.3, -0.25) is 4.79 Å². The maximum Gasteiger partial charge on any atom is 0.323 e. The highest BCUT2D eigenvalue weighted by atomic mass is 16.4. The predicted molar refractivity (Wildman–Crippen MR) is 63.4 cm³/mol. The van der Waals surface area contributed by atoms with E-state index < -0.39 is 5.97 Å². The standard InChI is InChI=1S/C12H18N2O3/c1-4-6-13(8-10(15)16)11(17)14-7-5-12(2,3)9-14/h1H,5-9H2,2-3H3,(H,15,16). The Hall–Kier alpha value is -1.70. The molecule has 17 heavy (non-hydrogen) atoms. The zero-order valence-electron chi connectivity index (χ0n) is 10.3. The molecule has 0 aromatic heterocycles. The molecule has 1 rings (SSSR count). The van der Waals surface area contributed by atoms with Crippen LogP contribution in [0.2, 0.25) is 0 Å². The van der Waals surface area contributed by atoms with Gasteiger partial charge in [-0.1, -0.05) is 19.8 Å². The number of amides is 2. The third-order valence-corrected chi connectivity index (χ3v) is 2.83. The van der Waals surface area contributed by atoms with Crippen molar-refractivity contribution < 1.29 is 14.7 Å². The molecule has 0 unspecified atom stereocenters. The largest absolute Gasteiger partial charge is 0.480 e. The summed E-state index contributed by atoms with van der Waals surface area (Å²) in [7, 11) is 0. The van der Waals surface area contributed by atoms with Crippen molar-refractivity contribution in [1.29, 1.82) is 0 Å². The molecule has 0 bridgehead atoms. The Morgan fingerprint density at radius 3 is 2.59 bits per heavy atom. The maximum atomic E-state index is 12.1. The molecule has 0 atom stereocenters. The summed E-state index contributed by atoms with van der Waals surface area (Å²) in [5.74, 6) is 1.26. The first-order valence-corrected chi connectivity index (χ1v) is 5.55. The smallest absolute Gasteiger partial charge is 0.323 e. The lowest BCUT2D eigenvalue weighted by Gasteiger charge is -2.26. The number of nitrogens with zero attached hydrogens (tertiary/aromatic N) is 2. The summed E-state index contributed by atoms with van der Waals surface area (Å²) < 4.78 is 0. The van der Waals surface area contributed by atoms with Crippen LogP contribution < -0.4 is 0 Å². The van der Waals surface area contributed by atoms with Gasteiger partial charge in [0.2, 0.25) is 0 Å². The van der Waals surface area contributed by atoms with Crippen LogP contribution in [0.1, 0.15) is 20.3 Å². The van der Waals surface area contributed by atoms with Crippen LogP contribution in [0, 0.1) is 17.8 Å². The molecule has 0 aromatic carbocycles. The van der Waals surface area contributed by atoms with E-state index in [4.69, 9.17) is 11.5 Å². The molecule has 1 aliphatic rings. The van der Waals surface area contributed by atoms with Crippen LogP contribution in [0.25, 0.3) is 0 Å². The molecule has 1 heterocycles. The summed E-state index contributed by atoms with van der Waals surface area (Å²) in [6.45, 7) is 5.16. The molecule has 0 aromatic rings. The number of hydrogen-bond donors (Lipinski definition) is 1. The number of rotatable bonds is 3. The van der Waals surface area contributed by atoms with Gasteiger partial charge in [0.05, 0.1) is 6.54 Å². The second-order valence-electron chi connectivity index (χ2n) is 5.07. The fourth-order valence-electron chi connectivity index (χ4n) is 1.94. The van der Waals surface area contributed by atoms with Crippen LogP contribution in [-0.2, 0) is 4.79 Å². The number of aliphatic carboxylic acids is 1. The minimum atomic E-state index is -1.05. The normalized spacial score (nSPS) is 17.6. The highest BCUT2D eigenvalue weighted by Gasteiger charge is 2.34. The molecule has 0 saturated carbocycles. The molecule has 5 nitrogen and oxygen atoms in total. The summed E-state index contributed by atoms with van der Waals surface area (Å²) >= 11 is 0. The second-order valence-corrected chi connectivity index (χ2v) is 5.07. The number of carbonyl (C=O) groups is 2. The van der Waals surface area contributed by atoms with Gasteiger partial charge in [-0.25, -0.2) is 4.79 Å².